The summed E-state index contributed by atoms with van der Waals surface area (Å²) in [6.45, 7) is 0.378. The number of hydrogen-bond acceptors (Lipinski definition) is 6. The zero-order valence-corrected chi connectivity index (χ0v) is 18.6. The molecule has 1 amide bonds. The standard InChI is InChI=1S/C23H17NO4S3/c25-22-21(30-23(29)24(22)16-17-9-3-1-4-10-17)15-18-11-7-8-14-20(18)28-31(26,27)19-12-5-2-6-13-19/h1-15H,16H2/b21-15-. The van der Waals surface area contributed by atoms with Gasteiger partial charge >= 0.3 is 10.1 Å². The van der Waals surface area contributed by atoms with Crippen molar-refractivity contribution >= 4 is 50.4 Å². The Morgan fingerprint density at radius 2 is 1.52 bits per heavy atom. The fourth-order valence-electron chi connectivity index (χ4n) is 2.97. The monoisotopic (exact) mass is 467 g/mol. The Kier molecular flexibility index (Phi) is 6.22. The highest BCUT2D eigenvalue weighted by Crippen LogP contribution is 2.35. The minimum absolute atomic E-state index is 0.0546. The van der Waals surface area contributed by atoms with Crippen LogP contribution in [-0.2, 0) is 21.5 Å². The maximum absolute atomic E-state index is 12.9. The van der Waals surface area contributed by atoms with Crippen LogP contribution in [0.4, 0.5) is 0 Å². The van der Waals surface area contributed by atoms with Crippen LogP contribution in [0.15, 0.2) is 94.7 Å². The normalized spacial score (nSPS) is 15.5. The van der Waals surface area contributed by atoms with Gasteiger partial charge in [-0.1, -0.05) is 90.7 Å². The summed E-state index contributed by atoms with van der Waals surface area (Å²) < 4.78 is 31.1. The van der Waals surface area contributed by atoms with Gasteiger partial charge in [0.05, 0.1) is 11.4 Å². The number of carbonyl (C=O) groups is 1. The van der Waals surface area contributed by atoms with Gasteiger partial charge in [-0.3, -0.25) is 9.69 Å². The number of rotatable bonds is 6. The first kappa shape index (κ1) is 21.3. The van der Waals surface area contributed by atoms with E-state index < -0.39 is 10.1 Å². The van der Waals surface area contributed by atoms with Crippen molar-refractivity contribution in [2.75, 3.05) is 0 Å². The van der Waals surface area contributed by atoms with Crippen molar-refractivity contribution in [3.05, 3.63) is 101 Å². The predicted molar refractivity (Wildman–Crippen MR) is 126 cm³/mol. The van der Waals surface area contributed by atoms with Crippen LogP contribution in [0.25, 0.3) is 6.08 Å². The summed E-state index contributed by atoms with van der Waals surface area (Å²) in [6, 6.07) is 24.2. The average Bonchev–Trinajstić information content (AvgIpc) is 3.04. The molecular formula is C23H17NO4S3. The summed E-state index contributed by atoms with van der Waals surface area (Å²) in [5.41, 5.74) is 1.44. The second-order valence-electron chi connectivity index (χ2n) is 6.64. The highest BCUT2D eigenvalue weighted by atomic mass is 32.2. The first-order valence-electron chi connectivity index (χ1n) is 9.32. The quantitative estimate of drug-likeness (QED) is 0.293. The molecule has 3 aromatic rings. The zero-order valence-electron chi connectivity index (χ0n) is 16.2. The number of para-hydroxylation sites is 1. The average molecular weight is 468 g/mol. The smallest absolute Gasteiger partial charge is 0.339 e. The van der Waals surface area contributed by atoms with Crippen molar-refractivity contribution in [1.29, 1.82) is 0 Å². The van der Waals surface area contributed by atoms with Crippen LogP contribution in [0.2, 0.25) is 0 Å². The van der Waals surface area contributed by atoms with Crippen LogP contribution >= 0.6 is 24.0 Å². The van der Waals surface area contributed by atoms with Gasteiger partial charge in [0.25, 0.3) is 5.91 Å². The summed E-state index contributed by atoms with van der Waals surface area (Å²) in [5.74, 6) is -0.0840. The molecule has 0 atom stereocenters. The lowest BCUT2D eigenvalue weighted by atomic mass is 10.2. The van der Waals surface area contributed by atoms with Crippen molar-refractivity contribution in [3.63, 3.8) is 0 Å². The first-order valence-corrected chi connectivity index (χ1v) is 12.0. The predicted octanol–water partition coefficient (Wildman–Crippen LogP) is 4.86. The maximum atomic E-state index is 12.9. The van der Waals surface area contributed by atoms with Gasteiger partial charge in [-0.15, -0.1) is 0 Å². The van der Waals surface area contributed by atoms with E-state index >= 15 is 0 Å². The molecule has 156 valence electrons. The number of hydrogen-bond donors (Lipinski definition) is 0. The molecule has 0 bridgehead atoms. The SMILES string of the molecule is O=C1/C(=C/c2ccccc2OS(=O)(=O)c2ccccc2)SC(=S)N1Cc1ccccc1. The Labute approximate surface area is 190 Å². The Morgan fingerprint density at radius 3 is 2.23 bits per heavy atom. The van der Waals surface area contributed by atoms with Crippen molar-refractivity contribution in [3.8, 4) is 5.75 Å². The molecule has 4 rings (SSSR count). The molecule has 0 unspecified atom stereocenters. The molecule has 0 spiro atoms. The van der Waals surface area contributed by atoms with Gasteiger partial charge < -0.3 is 4.18 Å². The number of benzene rings is 3. The summed E-state index contributed by atoms with van der Waals surface area (Å²) in [5, 5.41) is 0. The van der Waals surface area contributed by atoms with Gasteiger partial charge in [0.1, 0.15) is 15.0 Å². The molecule has 0 N–H and O–H groups in total. The minimum Gasteiger partial charge on any atom is -0.378 e. The minimum atomic E-state index is -4.00. The number of carbonyl (C=O) groups excluding carboxylic acids is 1. The maximum Gasteiger partial charge on any atom is 0.339 e. The molecule has 1 saturated heterocycles. The van der Waals surface area contributed by atoms with Crippen LogP contribution < -0.4 is 4.18 Å². The lowest BCUT2D eigenvalue weighted by Gasteiger charge is -2.14. The van der Waals surface area contributed by atoms with Crippen LogP contribution in [0.5, 0.6) is 5.75 Å². The Bertz CT molecular complexity index is 1260. The first-order chi connectivity index (χ1) is 14.9. The molecule has 0 aliphatic carbocycles. The third kappa shape index (κ3) is 4.87. The zero-order chi connectivity index (χ0) is 21.8. The Hall–Kier alpha value is -2.94. The molecule has 3 aromatic carbocycles. The van der Waals surface area contributed by atoms with Gasteiger partial charge in [0.15, 0.2) is 0 Å². The van der Waals surface area contributed by atoms with Gasteiger partial charge in [-0.2, -0.15) is 8.42 Å². The van der Waals surface area contributed by atoms with Crippen LogP contribution in [-0.4, -0.2) is 23.5 Å². The molecule has 8 heteroatoms. The molecule has 5 nitrogen and oxygen atoms in total. The number of amides is 1. The van der Waals surface area contributed by atoms with E-state index in [1.807, 2.05) is 30.3 Å². The van der Waals surface area contributed by atoms with Crippen LogP contribution in [0.1, 0.15) is 11.1 Å². The van der Waals surface area contributed by atoms with Crippen LogP contribution in [0.3, 0.4) is 0 Å². The van der Waals surface area contributed by atoms with E-state index in [0.717, 1.165) is 5.56 Å². The van der Waals surface area contributed by atoms with E-state index in [4.69, 9.17) is 16.4 Å². The topological polar surface area (TPSA) is 63.7 Å². The molecule has 1 fully saturated rings. The molecule has 1 aliphatic rings. The van der Waals surface area contributed by atoms with Crippen molar-refractivity contribution in [2.45, 2.75) is 11.4 Å². The Balaban J connectivity index is 1.60. The molecule has 0 radical (unpaired) electrons. The molecule has 1 heterocycles. The molecule has 0 saturated carbocycles. The van der Waals surface area contributed by atoms with E-state index in [-0.39, 0.29) is 16.6 Å². The van der Waals surface area contributed by atoms with Crippen LogP contribution in [0, 0.1) is 0 Å². The summed E-state index contributed by atoms with van der Waals surface area (Å²) >= 11 is 6.58. The number of thioether (sulfide) groups is 1. The van der Waals surface area contributed by atoms with Crippen molar-refractivity contribution in [1.82, 2.24) is 4.90 Å². The lowest BCUT2D eigenvalue weighted by molar-refractivity contribution is -0.122. The number of nitrogens with zero attached hydrogens (tertiary/aromatic N) is 1. The molecule has 1 aliphatic heterocycles. The second kappa shape index (κ2) is 9.05. The van der Waals surface area contributed by atoms with Gasteiger partial charge in [-0.25, -0.2) is 0 Å². The van der Waals surface area contributed by atoms with Crippen molar-refractivity contribution in [2.24, 2.45) is 0 Å². The van der Waals surface area contributed by atoms with Gasteiger partial charge in [0, 0.05) is 5.56 Å². The molecule has 0 aromatic heterocycles. The van der Waals surface area contributed by atoms with E-state index in [1.54, 1.807) is 48.5 Å². The summed E-state index contributed by atoms with van der Waals surface area (Å²) in [7, 11) is -4.00. The molecular weight excluding hydrogens is 450 g/mol. The number of thiocarbonyl (C=S) groups is 1. The van der Waals surface area contributed by atoms with Gasteiger partial charge in [0.2, 0.25) is 0 Å². The lowest BCUT2D eigenvalue weighted by Crippen LogP contribution is -2.27. The van der Waals surface area contributed by atoms with E-state index in [9.17, 15) is 13.2 Å². The van der Waals surface area contributed by atoms with Crippen molar-refractivity contribution < 1.29 is 17.4 Å². The largest absolute Gasteiger partial charge is 0.378 e. The third-order valence-corrected chi connectivity index (χ3v) is 7.12. The highest BCUT2D eigenvalue weighted by Gasteiger charge is 2.32. The fraction of sp³-hybridized carbons (Fsp3) is 0.0435. The van der Waals surface area contributed by atoms with E-state index in [0.29, 0.717) is 21.3 Å². The Morgan fingerprint density at radius 1 is 0.903 bits per heavy atom. The highest BCUT2D eigenvalue weighted by molar-refractivity contribution is 8.26. The third-order valence-electron chi connectivity index (χ3n) is 4.49. The fourth-order valence-corrected chi connectivity index (χ4v) is 5.19. The molecule has 31 heavy (non-hydrogen) atoms. The second-order valence-corrected chi connectivity index (χ2v) is 9.86. The summed E-state index contributed by atoms with van der Waals surface area (Å²) in [4.78, 5) is 14.9. The summed E-state index contributed by atoms with van der Waals surface area (Å²) in [6.07, 6.45) is 1.61. The van der Waals surface area contributed by atoms with E-state index in [1.165, 1.54) is 28.8 Å². The van der Waals surface area contributed by atoms with Gasteiger partial charge in [-0.05, 0) is 29.8 Å². The van der Waals surface area contributed by atoms with E-state index in [2.05, 4.69) is 0 Å².